The molecule has 0 unspecified atom stereocenters. The molecule has 0 bridgehead atoms. The highest BCUT2D eigenvalue weighted by molar-refractivity contribution is 9.10. The number of hydrazone groups is 1. The molecule has 0 fully saturated rings. The number of aromatic hydroxyl groups is 1. The van der Waals surface area contributed by atoms with Gasteiger partial charge in [-0.3, -0.25) is 14.6 Å². The summed E-state index contributed by atoms with van der Waals surface area (Å²) in [6.07, 6.45) is 1.25. The number of benzene rings is 2. The van der Waals surface area contributed by atoms with Gasteiger partial charge in [-0.15, -0.1) is 0 Å². The van der Waals surface area contributed by atoms with E-state index in [1.807, 2.05) is 13.0 Å². The number of anilines is 1. The molecule has 0 saturated heterocycles. The molecule has 1 aromatic heterocycles. The van der Waals surface area contributed by atoms with Crippen molar-refractivity contribution in [2.75, 3.05) is 5.01 Å². The summed E-state index contributed by atoms with van der Waals surface area (Å²) in [6.45, 7) is 3.46. The Balaban J connectivity index is 1.84. The lowest BCUT2D eigenvalue weighted by Gasteiger charge is -2.12. The SMILES string of the molecule is CC1=NN(c2ccccc2)C(=O)C1=Cc1c(O)n(-c2ccc(Br)c(C)c2)c(=O)[nH]c1=O. The monoisotopic (exact) mass is 480 g/mol. The highest BCUT2D eigenvalue weighted by atomic mass is 79.9. The number of para-hydroxylation sites is 1. The Kier molecular flexibility index (Phi) is 5.20. The number of nitrogens with one attached hydrogen (secondary N) is 1. The van der Waals surface area contributed by atoms with Crippen molar-refractivity contribution in [3.63, 3.8) is 0 Å². The van der Waals surface area contributed by atoms with Gasteiger partial charge in [0, 0.05) is 4.47 Å². The standard InChI is InChI=1S/C22H17BrN4O4/c1-12-10-15(8-9-18(12)23)26-20(29)17(19(28)24-22(26)31)11-16-13(2)25-27(21(16)30)14-6-4-3-5-7-14/h3-11,29H,1-2H3,(H,24,28,31). The Morgan fingerprint density at radius 1 is 1.03 bits per heavy atom. The highest BCUT2D eigenvalue weighted by Gasteiger charge is 2.29. The van der Waals surface area contributed by atoms with Gasteiger partial charge in [0.1, 0.15) is 5.56 Å². The summed E-state index contributed by atoms with van der Waals surface area (Å²) >= 11 is 3.39. The number of carbonyl (C=O) groups is 1. The number of hydrogen-bond donors (Lipinski definition) is 2. The summed E-state index contributed by atoms with van der Waals surface area (Å²) in [7, 11) is 0. The first-order chi connectivity index (χ1) is 14.8. The predicted octanol–water partition coefficient (Wildman–Crippen LogP) is 3.11. The van der Waals surface area contributed by atoms with Gasteiger partial charge in [0.2, 0.25) is 5.88 Å². The Morgan fingerprint density at radius 3 is 2.42 bits per heavy atom. The highest BCUT2D eigenvalue weighted by Crippen LogP contribution is 2.27. The van der Waals surface area contributed by atoms with Gasteiger partial charge in [-0.25, -0.2) is 9.36 Å². The van der Waals surface area contributed by atoms with Crippen molar-refractivity contribution in [1.82, 2.24) is 9.55 Å². The second kappa shape index (κ2) is 7.84. The molecule has 1 aliphatic rings. The quantitative estimate of drug-likeness (QED) is 0.561. The molecule has 4 rings (SSSR count). The number of H-pyrrole nitrogens is 1. The molecule has 3 aromatic rings. The number of aromatic nitrogens is 2. The van der Waals surface area contributed by atoms with E-state index in [4.69, 9.17) is 0 Å². The summed E-state index contributed by atoms with van der Waals surface area (Å²) in [5.74, 6) is -1.01. The van der Waals surface area contributed by atoms with Crippen molar-refractivity contribution in [2.24, 2.45) is 5.10 Å². The summed E-state index contributed by atoms with van der Waals surface area (Å²) in [4.78, 5) is 40.0. The maximum atomic E-state index is 12.9. The van der Waals surface area contributed by atoms with E-state index < -0.39 is 23.0 Å². The van der Waals surface area contributed by atoms with Crippen molar-refractivity contribution in [3.05, 3.63) is 90.5 Å². The molecule has 156 valence electrons. The van der Waals surface area contributed by atoms with Gasteiger partial charge in [-0.05, 0) is 55.8 Å². The molecule has 0 atom stereocenters. The van der Waals surface area contributed by atoms with E-state index in [9.17, 15) is 19.5 Å². The summed E-state index contributed by atoms with van der Waals surface area (Å²) < 4.78 is 1.81. The zero-order chi connectivity index (χ0) is 22.3. The van der Waals surface area contributed by atoms with Crippen LogP contribution in [-0.2, 0) is 4.79 Å². The molecule has 8 nitrogen and oxygen atoms in total. The fourth-order valence-electron chi connectivity index (χ4n) is 3.25. The molecule has 0 aliphatic carbocycles. The largest absolute Gasteiger partial charge is 0.494 e. The number of rotatable bonds is 3. The molecule has 2 N–H and O–H groups in total. The number of amides is 1. The van der Waals surface area contributed by atoms with Crippen molar-refractivity contribution in [3.8, 4) is 11.6 Å². The smallest absolute Gasteiger partial charge is 0.335 e. The minimum Gasteiger partial charge on any atom is -0.494 e. The number of nitrogens with zero attached hydrogens (tertiary/aromatic N) is 3. The minimum atomic E-state index is -0.807. The van der Waals surface area contributed by atoms with Crippen molar-refractivity contribution >= 4 is 39.3 Å². The van der Waals surface area contributed by atoms with Crippen LogP contribution in [0, 0.1) is 6.92 Å². The predicted molar refractivity (Wildman–Crippen MR) is 122 cm³/mol. The van der Waals surface area contributed by atoms with Gasteiger partial charge < -0.3 is 5.11 Å². The molecule has 0 spiro atoms. The lowest BCUT2D eigenvalue weighted by Crippen LogP contribution is -2.30. The topological polar surface area (TPSA) is 108 Å². The van der Waals surface area contributed by atoms with Crippen LogP contribution in [0.2, 0.25) is 0 Å². The van der Waals surface area contributed by atoms with Crippen molar-refractivity contribution in [2.45, 2.75) is 13.8 Å². The second-order valence-corrected chi connectivity index (χ2v) is 7.82. The average Bonchev–Trinajstić information content (AvgIpc) is 3.02. The summed E-state index contributed by atoms with van der Waals surface area (Å²) in [5, 5.41) is 16.3. The van der Waals surface area contributed by atoms with Crippen molar-refractivity contribution in [1.29, 1.82) is 0 Å². The van der Waals surface area contributed by atoms with Crippen LogP contribution in [-0.4, -0.2) is 26.3 Å². The maximum absolute atomic E-state index is 12.9. The average molecular weight is 481 g/mol. The van der Waals surface area contributed by atoms with Gasteiger partial charge in [0.15, 0.2) is 0 Å². The number of halogens is 1. The fraction of sp³-hybridized carbons (Fsp3) is 0.0909. The van der Waals surface area contributed by atoms with Crippen LogP contribution in [0.4, 0.5) is 5.69 Å². The van der Waals surface area contributed by atoms with Crippen LogP contribution in [0.25, 0.3) is 11.8 Å². The normalized spacial score (nSPS) is 14.9. The van der Waals surface area contributed by atoms with E-state index in [0.717, 1.165) is 14.6 Å². The van der Waals surface area contributed by atoms with Gasteiger partial charge in [0.25, 0.3) is 11.5 Å². The van der Waals surface area contributed by atoms with Gasteiger partial charge in [-0.1, -0.05) is 34.1 Å². The number of hydrogen-bond acceptors (Lipinski definition) is 5. The van der Waals surface area contributed by atoms with E-state index in [2.05, 4.69) is 26.0 Å². The molecule has 2 aromatic carbocycles. The van der Waals surface area contributed by atoms with E-state index in [-0.39, 0.29) is 11.1 Å². The zero-order valence-electron chi connectivity index (χ0n) is 16.6. The molecule has 0 saturated carbocycles. The molecule has 0 radical (unpaired) electrons. The number of carbonyl (C=O) groups excluding carboxylic acids is 1. The van der Waals surface area contributed by atoms with E-state index in [1.54, 1.807) is 49.4 Å². The van der Waals surface area contributed by atoms with Crippen LogP contribution >= 0.6 is 15.9 Å². The zero-order valence-corrected chi connectivity index (χ0v) is 18.2. The van der Waals surface area contributed by atoms with E-state index in [1.165, 1.54) is 11.1 Å². The Bertz CT molecular complexity index is 1390. The van der Waals surface area contributed by atoms with Crippen molar-refractivity contribution < 1.29 is 9.90 Å². The van der Waals surface area contributed by atoms with Crippen LogP contribution in [0.3, 0.4) is 0 Å². The maximum Gasteiger partial charge on any atom is 0.335 e. The Hall–Kier alpha value is -3.72. The van der Waals surface area contributed by atoms with Gasteiger partial charge in [0.05, 0.1) is 22.7 Å². The molecular formula is C22H17BrN4O4. The lowest BCUT2D eigenvalue weighted by atomic mass is 10.1. The summed E-state index contributed by atoms with van der Waals surface area (Å²) in [5.41, 5.74) is 0.484. The minimum absolute atomic E-state index is 0.141. The first-order valence-corrected chi connectivity index (χ1v) is 10.1. The van der Waals surface area contributed by atoms with Crippen LogP contribution in [0.15, 0.2) is 73.3 Å². The Morgan fingerprint density at radius 2 is 1.74 bits per heavy atom. The van der Waals surface area contributed by atoms with E-state index >= 15 is 0 Å². The molecule has 9 heteroatoms. The lowest BCUT2D eigenvalue weighted by molar-refractivity contribution is -0.114. The molecule has 1 amide bonds. The first-order valence-electron chi connectivity index (χ1n) is 9.29. The van der Waals surface area contributed by atoms with Crippen LogP contribution in [0.1, 0.15) is 18.1 Å². The third-order valence-electron chi connectivity index (χ3n) is 4.87. The third-order valence-corrected chi connectivity index (χ3v) is 5.76. The van der Waals surface area contributed by atoms with E-state index in [0.29, 0.717) is 17.1 Å². The first kappa shape index (κ1) is 20.5. The second-order valence-electron chi connectivity index (χ2n) is 6.96. The summed E-state index contributed by atoms with van der Waals surface area (Å²) in [6, 6.07) is 13.9. The third kappa shape index (κ3) is 3.64. The Labute approximate surface area is 184 Å². The van der Waals surface area contributed by atoms with Crippen LogP contribution in [0.5, 0.6) is 5.88 Å². The molecule has 1 aliphatic heterocycles. The molecule has 31 heavy (non-hydrogen) atoms. The van der Waals surface area contributed by atoms with Gasteiger partial charge >= 0.3 is 5.69 Å². The van der Waals surface area contributed by atoms with Crippen LogP contribution < -0.4 is 16.3 Å². The van der Waals surface area contributed by atoms with Gasteiger partial charge in [-0.2, -0.15) is 10.1 Å². The number of aryl methyl sites for hydroxylation is 1. The number of aromatic amines is 1. The fourth-order valence-corrected chi connectivity index (χ4v) is 3.50. The molecular weight excluding hydrogens is 464 g/mol. The molecule has 2 heterocycles.